The highest BCUT2D eigenvalue weighted by Gasteiger charge is 2.21. The highest BCUT2D eigenvalue weighted by atomic mass is 16.5. The van der Waals surface area contributed by atoms with E-state index in [9.17, 15) is 4.79 Å². The van der Waals surface area contributed by atoms with Crippen molar-refractivity contribution in [2.75, 3.05) is 26.8 Å². The second kappa shape index (κ2) is 6.19. The van der Waals surface area contributed by atoms with Crippen molar-refractivity contribution in [3.8, 4) is 0 Å². The van der Waals surface area contributed by atoms with E-state index in [4.69, 9.17) is 15.9 Å². The number of pyridine rings is 1. The third kappa shape index (κ3) is 2.76. The van der Waals surface area contributed by atoms with Crippen LogP contribution in [-0.4, -0.2) is 42.1 Å². The van der Waals surface area contributed by atoms with E-state index in [0.29, 0.717) is 13.2 Å². The van der Waals surface area contributed by atoms with Gasteiger partial charge in [-0.3, -0.25) is 15.1 Å². The van der Waals surface area contributed by atoms with Gasteiger partial charge in [0.15, 0.2) is 0 Å². The molecule has 1 aromatic heterocycles. The molecule has 0 bridgehead atoms. The standard InChI is InChI=1S/C14H22N4O2/c1-3-17-5-4-12-10(9-17)8-11(13(15)16)14(19)18(12)6-7-20-2/h8H,3-7,9H2,1-2H3,(H3,15,16). The number of nitrogens with zero attached hydrogens (tertiary/aromatic N) is 2. The van der Waals surface area contributed by atoms with Crippen molar-refractivity contribution in [2.45, 2.75) is 26.4 Å². The first kappa shape index (κ1) is 14.7. The lowest BCUT2D eigenvalue weighted by Gasteiger charge is -2.30. The summed E-state index contributed by atoms with van der Waals surface area (Å²) in [7, 11) is 1.62. The topological polar surface area (TPSA) is 84.3 Å². The van der Waals surface area contributed by atoms with E-state index in [1.54, 1.807) is 17.7 Å². The Labute approximate surface area is 118 Å². The number of hydrogen-bond donors (Lipinski definition) is 2. The van der Waals surface area contributed by atoms with Crippen molar-refractivity contribution in [1.82, 2.24) is 9.47 Å². The van der Waals surface area contributed by atoms with Crippen molar-refractivity contribution < 1.29 is 4.74 Å². The maximum Gasteiger partial charge on any atom is 0.261 e. The quantitative estimate of drug-likeness (QED) is 0.593. The number of hydrogen-bond acceptors (Lipinski definition) is 4. The lowest BCUT2D eigenvalue weighted by Crippen LogP contribution is -2.39. The Balaban J connectivity index is 2.51. The molecule has 0 saturated carbocycles. The van der Waals surface area contributed by atoms with Crippen LogP contribution in [0.5, 0.6) is 0 Å². The van der Waals surface area contributed by atoms with Crippen molar-refractivity contribution in [2.24, 2.45) is 5.73 Å². The number of methoxy groups -OCH3 is 1. The minimum Gasteiger partial charge on any atom is -0.384 e. The van der Waals surface area contributed by atoms with Gasteiger partial charge >= 0.3 is 0 Å². The lowest BCUT2D eigenvalue weighted by atomic mass is 10.0. The van der Waals surface area contributed by atoms with Crippen LogP contribution in [0, 0.1) is 5.41 Å². The third-order valence-electron chi connectivity index (χ3n) is 3.81. The average molecular weight is 278 g/mol. The van der Waals surface area contributed by atoms with E-state index < -0.39 is 0 Å². The fourth-order valence-electron chi connectivity index (χ4n) is 2.66. The molecule has 6 nitrogen and oxygen atoms in total. The minimum absolute atomic E-state index is 0.169. The molecule has 1 aromatic rings. The van der Waals surface area contributed by atoms with Crippen LogP contribution in [0.25, 0.3) is 0 Å². The van der Waals surface area contributed by atoms with E-state index >= 15 is 0 Å². The predicted octanol–water partition coefficient (Wildman–Crippen LogP) is 0.157. The predicted molar refractivity (Wildman–Crippen MR) is 78.2 cm³/mol. The Morgan fingerprint density at radius 1 is 1.55 bits per heavy atom. The van der Waals surface area contributed by atoms with Crippen LogP contribution >= 0.6 is 0 Å². The first-order valence-electron chi connectivity index (χ1n) is 6.89. The van der Waals surface area contributed by atoms with Gasteiger partial charge < -0.3 is 15.0 Å². The molecule has 1 aliphatic rings. The van der Waals surface area contributed by atoms with Gasteiger partial charge in [-0.2, -0.15) is 0 Å². The van der Waals surface area contributed by atoms with Gasteiger partial charge in [0, 0.05) is 38.9 Å². The van der Waals surface area contributed by atoms with Crippen LogP contribution in [0.3, 0.4) is 0 Å². The Bertz CT molecular complexity index is 565. The van der Waals surface area contributed by atoms with Gasteiger partial charge in [0.25, 0.3) is 5.56 Å². The Hall–Kier alpha value is -1.66. The molecular weight excluding hydrogens is 256 g/mol. The summed E-state index contributed by atoms with van der Waals surface area (Å²) in [6.07, 6.45) is 0.848. The molecule has 2 rings (SSSR count). The zero-order chi connectivity index (χ0) is 14.7. The fourth-order valence-corrected chi connectivity index (χ4v) is 2.66. The smallest absolute Gasteiger partial charge is 0.261 e. The van der Waals surface area contributed by atoms with Gasteiger partial charge in [0.2, 0.25) is 0 Å². The molecular formula is C14H22N4O2. The molecule has 1 aliphatic heterocycles. The summed E-state index contributed by atoms with van der Waals surface area (Å²) >= 11 is 0. The van der Waals surface area contributed by atoms with E-state index in [0.717, 1.165) is 37.3 Å². The SMILES string of the molecule is CCN1CCc2c(cc(C(=N)N)c(=O)n2CCOC)C1. The summed E-state index contributed by atoms with van der Waals surface area (Å²) in [5.74, 6) is -0.169. The summed E-state index contributed by atoms with van der Waals surface area (Å²) in [6, 6.07) is 1.78. The molecule has 0 unspecified atom stereocenters. The number of aromatic nitrogens is 1. The molecule has 6 heteroatoms. The van der Waals surface area contributed by atoms with Gasteiger partial charge in [0.1, 0.15) is 5.84 Å². The van der Waals surface area contributed by atoms with Gasteiger partial charge in [-0.25, -0.2) is 0 Å². The van der Waals surface area contributed by atoms with Crippen molar-refractivity contribution in [3.63, 3.8) is 0 Å². The Morgan fingerprint density at radius 3 is 2.90 bits per heavy atom. The minimum atomic E-state index is -0.182. The molecule has 110 valence electrons. The molecule has 0 amide bonds. The average Bonchev–Trinajstić information content (AvgIpc) is 2.45. The molecule has 0 radical (unpaired) electrons. The molecule has 0 saturated heterocycles. The maximum absolute atomic E-state index is 12.4. The first-order valence-corrected chi connectivity index (χ1v) is 6.89. The molecule has 0 atom stereocenters. The van der Waals surface area contributed by atoms with Crippen LogP contribution in [0.2, 0.25) is 0 Å². The number of ether oxygens (including phenoxy) is 1. The third-order valence-corrected chi connectivity index (χ3v) is 3.81. The first-order chi connectivity index (χ1) is 9.58. The molecule has 0 fully saturated rings. The van der Waals surface area contributed by atoms with Gasteiger partial charge in [0.05, 0.1) is 12.2 Å². The summed E-state index contributed by atoms with van der Waals surface area (Å²) in [5.41, 5.74) is 7.80. The van der Waals surface area contributed by atoms with Gasteiger partial charge in [-0.1, -0.05) is 6.92 Å². The molecule has 20 heavy (non-hydrogen) atoms. The molecule has 0 aromatic carbocycles. The van der Waals surface area contributed by atoms with Crippen LogP contribution in [0.1, 0.15) is 23.7 Å². The fraction of sp³-hybridized carbons (Fsp3) is 0.571. The monoisotopic (exact) mass is 278 g/mol. The number of nitrogens with one attached hydrogen (secondary N) is 1. The van der Waals surface area contributed by atoms with E-state index in [1.165, 1.54) is 0 Å². The lowest BCUT2D eigenvalue weighted by molar-refractivity contribution is 0.183. The maximum atomic E-state index is 12.4. The number of nitrogens with two attached hydrogens (primary N) is 1. The number of amidine groups is 1. The summed E-state index contributed by atoms with van der Waals surface area (Å²) < 4.78 is 6.80. The van der Waals surface area contributed by atoms with Gasteiger partial charge in [-0.15, -0.1) is 0 Å². The zero-order valence-electron chi connectivity index (χ0n) is 12.1. The Morgan fingerprint density at radius 2 is 2.30 bits per heavy atom. The van der Waals surface area contributed by atoms with Gasteiger partial charge in [-0.05, 0) is 18.2 Å². The van der Waals surface area contributed by atoms with Crippen LogP contribution < -0.4 is 11.3 Å². The number of fused-ring (bicyclic) bond motifs is 1. The summed E-state index contributed by atoms with van der Waals surface area (Å²) in [4.78, 5) is 14.7. The van der Waals surface area contributed by atoms with Crippen LogP contribution in [0.15, 0.2) is 10.9 Å². The summed E-state index contributed by atoms with van der Waals surface area (Å²) in [5, 5.41) is 7.58. The number of rotatable bonds is 5. The van der Waals surface area contributed by atoms with E-state index in [1.807, 2.05) is 0 Å². The summed E-state index contributed by atoms with van der Waals surface area (Å²) in [6.45, 7) is 5.84. The van der Waals surface area contributed by atoms with Crippen molar-refractivity contribution >= 4 is 5.84 Å². The van der Waals surface area contributed by atoms with E-state index in [2.05, 4.69) is 11.8 Å². The van der Waals surface area contributed by atoms with Crippen LogP contribution in [-0.2, 0) is 24.2 Å². The van der Waals surface area contributed by atoms with E-state index in [-0.39, 0.29) is 17.0 Å². The number of likely N-dealkylation sites (N-methyl/N-ethyl adjacent to an activating group) is 1. The Kier molecular flexibility index (Phi) is 4.57. The van der Waals surface area contributed by atoms with Crippen molar-refractivity contribution in [3.05, 3.63) is 33.2 Å². The second-order valence-corrected chi connectivity index (χ2v) is 5.01. The van der Waals surface area contributed by atoms with Crippen LogP contribution in [0.4, 0.5) is 0 Å². The highest BCUT2D eigenvalue weighted by molar-refractivity contribution is 5.94. The highest BCUT2D eigenvalue weighted by Crippen LogP contribution is 2.18. The number of nitrogen functional groups attached to an aromatic ring is 1. The molecule has 0 spiro atoms. The second-order valence-electron chi connectivity index (χ2n) is 5.01. The largest absolute Gasteiger partial charge is 0.384 e. The molecule has 3 N–H and O–H groups in total. The zero-order valence-corrected chi connectivity index (χ0v) is 12.1. The van der Waals surface area contributed by atoms with Crippen molar-refractivity contribution in [1.29, 1.82) is 5.41 Å². The molecule has 2 heterocycles. The molecule has 0 aliphatic carbocycles. The normalized spacial score (nSPS) is 15.1.